The topological polar surface area (TPSA) is 78.5 Å². The Morgan fingerprint density at radius 1 is 1.21 bits per heavy atom. The fraction of sp³-hybridized carbons (Fsp3) is 0.500. The quantitative estimate of drug-likeness (QED) is 0.835. The molecule has 2 fully saturated rings. The molecule has 2 atom stereocenters. The van der Waals surface area contributed by atoms with E-state index < -0.39 is 12.1 Å². The van der Waals surface area contributed by atoms with Gasteiger partial charge in [-0.2, -0.15) is 0 Å². The first-order chi connectivity index (χ1) is 11.6. The predicted molar refractivity (Wildman–Crippen MR) is 89.0 cm³/mol. The van der Waals surface area contributed by atoms with Crippen molar-refractivity contribution in [1.82, 2.24) is 15.5 Å². The molecule has 2 aliphatic heterocycles. The molecule has 1 aromatic rings. The van der Waals surface area contributed by atoms with E-state index in [-0.39, 0.29) is 24.3 Å². The van der Waals surface area contributed by atoms with Gasteiger partial charge in [0.1, 0.15) is 6.04 Å². The summed E-state index contributed by atoms with van der Waals surface area (Å²) in [5.41, 5.74) is 2.35. The number of benzene rings is 1. The highest BCUT2D eigenvalue weighted by Crippen LogP contribution is 2.33. The molecule has 0 bridgehead atoms. The van der Waals surface area contributed by atoms with Gasteiger partial charge in [0.2, 0.25) is 5.91 Å². The average Bonchev–Trinajstić information content (AvgIpc) is 3.36. The van der Waals surface area contributed by atoms with E-state index in [0.717, 1.165) is 0 Å². The number of nitrogens with one attached hydrogen (secondary N) is 2. The maximum Gasteiger partial charge on any atom is 0.322 e. The Morgan fingerprint density at radius 3 is 2.50 bits per heavy atom. The molecule has 0 radical (unpaired) electrons. The molecule has 6 nitrogen and oxygen atoms in total. The second-order valence-electron chi connectivity index (χ2n) is 6.51. The first-order valence-corrected chi connectivity index (χ1v) is 8.55. The van der Waals surface area contributed by atoms with Gasteiger partial charge in [0, 0.05) is 13.0 Å². The third-order valence-electron chi connectivity index (χ3n) is 4.49. The highest BCUT2D eigenvalue weighted by Gasteiger charge is 2.33. The number of carbonyl (C=O) groups is 3. The van der Waals surface area contributed by atoms with Crippen molar-refractivity contribution in [3.63, 3.8) is 0 Å². The maximum absolute atomic E-state index is 12.4. The minimum atomic E-state index is -0.596. The van der Waals surface area contributed by atoms with Gasteiger partial charge >= 0.3 is 6.03 Å². The summed E-state index contributed by atoms with van der Waals surface area (Å²) in [6, 6.07) is 6.99. The lowest BCUT2D eigenvalue weighted by atomic mass is 10.1. The summed E-state index contributed by atoms with van der Waals surface area (Å²) in [4.78, 5) is 36.6. The summed E-state index contributed by atoms with van der Waals surface area (Å²) in [5.74, 6) is -0.349. The van der Waals surface area contributed by atoms with Crippen molar-refractivity contribution in [2.45, 2.75) is 57.7 Å². The van der Waals surface area contributed by atoms with E-state index in [9.17, 15) is 14.4 Å². The monoisotopic (exact) mass is 329 g/mol. The van der Waals surface area contributed by atoms with Gasteiger partial charge in [-0.1, -0.05) is 43.5 Å². The van der Waals surface area contributed by atoms with Crippen molar-refractivity contribution >= 4 is 17.8 Å². The number of amides is 4. The minimum absolute atomic E-state index is 0.00708. The molecule has 24 heavy (non-hydrogen) atoms. The number of hydrogen-bond donors (Lipinski definition) is 2. The normalized spacial score (nSPS) is 23.8. The molecule has 2 heterocycles. The molecule has 0 spiro atoms. The fourth-order valence-electron chi connectivity index (χ4n) is 2.95. The Bertz CT molecular complexity index is 654. The van der Waals surface area contributed by atoms with E-state index in [1.807, 2.05) is 36.1 Å². The van der Waals surface area contributed by atoms with Crippen LogP contribution in [0, 0.1) is 0 Å². The molecule has 6 heteroatoms. The number of hydrogen-bond acceptors (Lipinski definition) is 3. The van der Waals surface area contributed by atoms with Gasteiger partial charge in [0.05, 0.1) is 6.04 Å². The lowest BCUT2D eigenvalue weighted by Gasteiger charge is -2.22. The van der Waals surface area contributed by atoms with Crippen LogP contribution < -0.4 is 10.6 Å². The molecule has 1 aliphatic carbocycles. The molecular formula is C18H23N3O3. The van der Waals surface area contributed by atoms with Crippen molar-refractivity contribution in [2.24, 2.45) is 0 Å². The second-order valence-corrected chi connectivity index (χ2v) is 6.51. The van der Waals surface area contributed by atoms with E-state index in [1.165, 1.54) is 30.4 Å². The summed E-state index contributed by atoms with van der Waals surface area (Å²) in [6.07, 6.45) is 5.08. The Labute approximate surface area is 141 Å². The van der Waals surface area contributed by atoms with Crippen LogP contribution in [-0.4, -0.2) is 28.8 Å². The van der Waals surface area contributed by atoms with E-state index in [1.54, 1.807) is 0 Å². The standard InChI is InChI=1S/C15H17N3O3.C3H6/c1-9-11-5-3-2-4-10(11)8-18(9)13(19)7-6-12-14(20)17-15(21)16-12;1-2-3-1/h2-5,9,12H,6-8H2,1H3,(H2,16,17,20,21);1-3H2. The van der Waals surface area contributed by atoms with Gasteiger partial charge in [-0.3, -0.25) is 14.9 Å². The van der Waals surface area contributed by atoms with Crippen LogP contribution >= 0.6 is 0 Å². The van der Waals surface area contributed by atoms with Crippen molar-refractivity contribution in [3.05, 3.63) is 35.4 Å². The maximum atomic E-state index is 12.4. The number of fused-ring (bicyclic) bond motifs is 1. The number of carbonyl (C=O) groups excluding carboxylic acids is 3. The molecule has 4 rings (SSSR count). The first kappa shape index (κ1) is 16.5. The Hall–Kier alpha value is -2.37. The zero-order valence-electron chi connectivity index (χ0n) is 13.9. The molecule has 128 valence electrons. The Balaban J connectivity index is 0.000000508. The highest BCUT2D eigenvalue weighted by molar-refractivity contribution is 6.04. The first-order valence-electron chi connectivity index (χ1n) is 8.55. The molecule has 4 amide bonds. The summed E-state index contributed by atoms with van der Waals surface area (Å²) >= 11 is 0. The van der Waals surface area contributed by atoms with Crippen LogP contribution in [0.3, 0.4) is 0 Å². The van der Waals surface area contributed by atoms with Crippen LogP contribution in [0.15, 0.2) is 24.3 Å². The van der Waals surface area contributed by atoms with Crippen LogP contribution in [0.2, 0.25) is 0 Å². The average molecular weight is 329 g/mol. The summed E-state index contributed by atoms with van der Waals surface area (Å²) < 4.78 is 0. The number of rotatable bonds is 3. The van der Waals surface area contributed by atoms with Crippen molar-refractivity contribution in [2.75, 3.05) is 0 Å². The smallest absolute Gasteiger partial charge is 0.322 e. The summed E-state index contributed by atoms with van der Waals surface area (Å²) in [5, 5.41) is 4.68. The second kappa shape index (κ2) is 7.03. The largest absolute Gasteiger partial charge is 0.332 e. The third-order valence-corrected chi connectivity index (χ3v) is 4.49. The van der Waals surface area contributed by atoms with Gasteiger partial charge in [-0.05, 0) is 24.5 Å². The number of imide groups is 1. The zero-order valence-corrected chi connectivity index (χ0v) is 13.9. The zero-order chi connectivity index (χ0) is 17.1. The van der Waals surface area contributed by atoms with Crippen LogP contribution in [0.4, 0.5) is 4.79 Å². The van der Waals surface area contributed by atoms with Crippen molar-refractivity contribution in [1.29, 1.82) is 0 Å². The van der Waals surface area contributed by atoms with Crippen molar-refractivity contribution in [3.8, 4) is 0 Å². The van der Waals surface area contributed by atoms with Crippen LogP contribution in [0.1, 0.15) is 56.2 Å². The van der Waals surface area contributed by atoms with Crippen molar-refractivity contribution < 1.29 is 14.4 Å². The van der Waals surface area contributed by atoms with Crippen LogP contribution in [-0.2, 0) is 16.1 Å². The Morgan fingerprint density at radius 2 is 1.92 bits per heavy atom. The molecule has 2 N–H and O–H groups in total. The Kier molecular flexibility index (Phi) is 4.83. The van der Waals surface area contributed by atoms with Crippen LogP contribution in [0.25, 0.3) is 0 Å². The molecular weight excluding hydrogens is 306 g/mol. The lowest BCUT2D eigenvalue weighted by molar-refractivity contribution is -0.133. The minimum Gasteiger partial charge on any atom is -0.332 e. The van der Waals surface area contributed by atoms with Gasteiger partial charge < -0.3 is 10.2 Å². The highest BCUT2D eigenvalue weighted by atomic mass is 16.2. The van der Waals surface area contributed by atoms with Crippen LogP contribution in [0.5, 0.6) is 0 Å². The van der Waals surface area contributed by atoms with Gasteiger partial charge in [0.25, 0.3) is 5.91 Å². The molecule has 2 unspecified atom stereocenters. The molecule has 1 saturated carbocycles. The number of nitrogens with zero attached hydrogens (tertiary/aromatic N) is 1. The SMILES string of the molecule is C1CC1.CC1c2ccccc2CN1C(=O)CCC1NC(=O)NC1=O. The van der Waals surface area contributed by atoms with E-state index in [2.05, 4.69) is 10.6 Å². The third kappa shape index (κ3) is 3.75. The molecule has 3 aliphatic rings. The molecule has 1 saturated heterocycles. The van der Waals surface area contributed by atoms with E-state index in [0.29, 0.717) is 13.0 Å². The van der Waals surface area contributed by atoms with Gasteiger partial charge in [-0.25, -0.2) is 4.79 Å². The predicted octanol–water partition coefficient (Wildman–Crippen LogP) is 2.25. The van der Waals surface area contributed by atoms with Gasteiger partial charge in [-0.15, -0.1) is 0 Å². The number of urea groups is 1. The van der Waals surface area contributed by atoms with Gasteiger partial charge in [0.15, 0.2) is 0 Å². The molecule has 1 aromatic carbocycles. The lowest BCUT2D eigenvalue weighted by Crippen LogP contribution is -2.33. The molecule has 0 aromatic heterocycles. The van der Waals surface area contributed by atoms with E-state index >= 15 is 0 Å². The fourth-order valence-corrected chi connectivity index (χ4v) is 2.95. The summed E-state index contributed by atoms with van der Waals surface area (Å²) in [7, 11) is 0. The van der Waals surface area contributed by atoms with E-state index in [4.69, 9.17) is 0 Å². The summed E-state index contributed by atoms with van der Waals surface area (Å²) in [6.45, 7) is 2.62.